The number of carboxylic acid groups (broad SMARTS) is 1. The van der Waals surface area contributed by atoms with Crippen molar-refractivity contribution in [2.24, 2.45) is 0 Å². The van der Waals surface area contributed by atoms with Gasteiger partial charge in [0.2, 0.25) is 11.9 Å². The maximum Gasteiger partial charge on any atom is 0.355 e. The Morgan fingerprint density at radius 3 is 2.08 bits per heavy atom. The number of aromatic carboxylic acids is 1. The van der Waals surface area contributed by atoms with Crippen LogP contribution in [0.2, 0.25) is 0 Å². The molecule has 1 fully saturated rings. The number of benzene rings is 2. The highest BCUT2D eigenvalue weighted by atomic mass is 32.1. The van der Waals surface area contributed by atoms with Crippen molar-refractivity contribution < 1.29 is 24.1 Å². The fraction of sp³-hybridized carbons (Fsp3) is 0.294. The summed E-state index contributed by atoms with van der Waals surface area (Å²) in [4.78, 5) is 41.9. The van der Waals surface area contributed by atoms with Gasteiger partial charge in [0.25, 0.3) is 0 Å². The molecule has 2 aromatic carbocycles. The highest BCUT2D eigenvalue weighted by molar-refractivity contribution is 7.14. The highest BCUT2D eigenvalue weighted by Crippen LogP contribution is 2.40. The van der Waals surface area contributed by atoms with E-state index in [4.69, 9.17) is 34.1 Å². The first kappa shape index (κ1) is 31.3. The lowest BCUT2D eigenvalue weighted by molar-refractivity contribution is 0.0691. The van der Waals surface area contributed by atoms with Gasteiger partial charge >= 0.3 is 5.97 Å². The fourth-order valence-electron chi connectivity index (χ4n) is 5.77. The van der Waals surface area contributed by atoms with Crippen LogP contribution in [0.15, 0.2) is 66.3 Å². The summed E-state index contributed by atoms with van der Waals surface area (Å²) in [5, 5.41) is 11.6. The van der Waals surface area contributed by atoms with Crippen molar-refractivity contribution in [3.05, 3.63) is 88.7 Å². The second-order valence-corrected chi connectivity index (χ2v) is 12.2. The smallest absolute Gasteiger partial charge is 0.355 e. The van der Waals surface area contributed by atoms with Gasteiger partial charge in [-0.25, -0.2) is 24.7 Å². The predicted molar refractivity (Wildman–Crippen MR) is 182 cm³/mol. The Balaban J connectivity index is 1.23. The first-order valence-electron chi connectivity index (χ1n) is 15.5. The number of hydrogen-bond donors (Lipinski definition) is 1. The number of hydrogen-bond acceptors (Lipinski definition) is 13. The highest BCUT2D eigenvalue weighted by Gasteiger charge is 2.31. The topological polar surface area (TPSA) is 139 Å². The number of fused-ring (bicyclic) bond motifs is 1. The number of rotatable bonds is 11. The molecule has 0 spiro atoms. The average Bonchev–Trinajstić information content (AvgIpc) is 3.80. The zero-order valence-corrected chi connectivity index (χ0v) is 27.4. The van der Waals surface area contributed by atoms with Crippen LogP contribution in [0.25, 0.3) is 11.3 Å². The Kier molecular flexibility index (Phi) is 8.99. The van der Waals surface area contributed by atoms with Gasteiger partial charge in [-0.15, -0.1) is 11.3 Å². The van der Waals surface area contributed by atoms with Crippen molar-refractivity contribution in [1.29, 1.82) is 0 Å². The lowest BCUT2D eigenvalue weighted by atomic mass is 10.1. The molecule has 0 bridgehead atoms. The maximum absolute atomic E-state index is 11.6. The van der Waals surface area contributed by atoms with Crippen LogP contribution in [0.4, 0.5) is 22.8 Å². The van der Waals surface area contributed by atoms with Crippen molar-refractivity contribution in [1.82, 2.24) is 24.9 Å². The SMILES string of the molecule is COc1ccc(CN(Cc2ccc(OC)cc2)c2ncc(-c3nc(N4CCOCC4)nc4c3CCN4c3nc(C(=O)O)cs3)cn2)cc1. The van der Waals surface area contributed by atoms with Crippen LogP contribution in [0.5, 0.6) is 11.5 Å². The van der Waals surface area contributed by atoms with Gasteiger partial charge in [0.05, 0.1) is 33.1 Å². The van der Waals surface area contributed by atoms with Gasteiger partial charge < -0.3 is 34.0 Å². The predicted octanol–water partition coefficient (Wildman–Crippen LogP) is 4.84. The number of carboxylic acids is 1. The Morgan fingerprint density at radius 2 is 1.52 bits per heavy atom. The van der Waals surface area contributed by atoms with E-state index in [1.54, 1.807) is 19.6 Å². The monoisotopic (exact) mass is 666 g/mol. The van der Waals surface area contributed by atoms with E-state index in [1.165, 1.54) is 11.3 Å². The number of nitrogens with zero attached hydrogens (tertiary/aromatic N) is 8. The minimum Gasteiger partial charge on any atom is -0.497 e. The third-order valence-corrected chi connectivity index (χ3v) is 9.17. The molecule has 0 atom stereocenters. The second-order valence-electron chi connectivity index (χ2n) is 11.3. The van der Waals surface area contributed by atoms with Gasteiger partial charge in [0.15, 0.2) is 10.8 Å². The third kappa shape index (κ3) is 6.57. The number of thiazole rings is 1. The summed E-state index contributed by atoms with van der Waals surface area (Å²) < 4.78 is 16.3. The molecule has 246 valence electrons. The molecule has 0 amide bonds. The zero-order valence-electron chi connectivity index (χ0n) is 26.6. The summed E-state index contributed by atoms with van der Waals surface area (Å²) in [7, 11) is 3.31. The molecule has 7 rings (SSSR count). The fourth-order valence-corrected chi connectivity index (χ4v) is 6.59. The molecule has 1 saturated heterocycles. The van der Waals surface area contributed by atoms with E-state index in [0.29, 0.717) is 69.4 Å². The summed E-state index contributed by atoms with van der Waals surface area (Å²) in [6, 6.07) is 16.0. The molecule has 5 aromatic rings. The van der Waals surface area contributed by atoms with Crippen LogP contribution in [0.1, 0.15) is 27.2 Å². The number of methoxy groups -OCH3 is 2. The quantitative estimate of drug-likeness (QED) is 0.206. The molecule has 2 aliphatic rings. The van der Waals surface area contributed by atoms with Crippen molar-refractivity contribution in [3.8, 4) is 22.8 Å². The van der Waals surface area contributed by atoms with Crippen LogP contribution >= 0.6 is 11.3 Å². The zero-order chi connectivity index (χ0) is 33.0. The largest absolute Gasteiger partial charge is 0.497 e. The van der Waals surface area contributed by atoms with Gasteiger partial charge in [-0.1, -0.05) is 24.3 Å². The number of carbonyl (C=O) groups is 1. The summed E-state index contributed by atoms with van der Waals surface area (Å²) >= 11 is 1.29. The minimum absolute atomic E-state index is 0.0176. The lowest BCUT2D eigenvalue weighted by Gasteiger charge is -2.28. The van der Waals surface area contributed by atoms with Gasteiger partial charge in [0.1, 0.15) is 17.3 Å². The molecule has 0 aliphatic carbocycles. The summed E-state index contributed by atoms with van der Waals surface area (Å²) in [6.07, 6.45) is 4.30. The van der Waals surface area contributed by atoms with Crippen molar-refractivity contribution in [3.63, 3.8) is 0 Å². The summed E-state index contributed by atoms with van der Waals surface area (Å²) in [5.41, 5.74) is 4.67. The number of morpholine rings is 1. The summed E-state index contributed by atoms with van der Waals surface area (Å²) in [5.74, 6) is 2.42. The number of anilines is 4. The molecule has 5 heterocycles. The maximum atomic E-state index is 11.6. The standard InChI is InChI=1S/C34H34N8O5S/c1-45-25-7-3-22(4-8-25)19-41(20-23-5-9-26(46-2)10-6-23)32-35-17-24(18-36-32)29-27-11-12-42(34-37-28(21-48-34)31(43)44)30(27)39-33(38-29)40-13-15-47-16-14-40/h3-10,17-18,21H,11-16,19-20H2,1-2H3,(H,43,44). The molecule has 2 aliphatic heterocycles. The van der Waals surface area contributed by atoms with E-state index in [9.17, 15) is 9.90 Å². The van der Waals surface area contributed by atoms with E-state index >= 15 is 0 Å². The van der Waals surface area contributed by atoms with Gasteiger partial charge in [-0.2, -0.15) is 4.98 Å². The average molecular weight is 667 g/mol. The first-order chi connectivity index (χ1) is 23.5. The Hall–Kier alpha value is -5.34. The molecule has 14 heteroatoms. The van der Waals surface area contributed by atoms with Gasteiger partial charge in [-0.05, 0) is 41.8 Å². The van der Waals surface area contributed by atoms with E-state index in [2.05, 4.69) is 14.8 Å². The molecule has 0 radical (unpaired) electrons. The normalized spacial score (nSPS) is 14.1. The van der Waals surface area contributed by atoms with E-state index in [1.807, 2.05) is 65.8 Å². The van der Waals surface area contributed by atoms with Gasteiger partial charge in [0, 0.05) is 61.6 Å². The second kappa shape index (κ2) is 13.8. The van der Waals surface area contributed by atoms with Gasteiger partial charge in [-0.3, -0.25) is 0 Å². The Morgan fingerprint density at radius 1 is 0.896 bits per heavy atom. The van der Waals surface area contributed by atoms with Crippen molar-refractivity contribution >= 4 is 40.2 Å². The van der Waals surface area contributed by atoms with Crippen LogP contribution in [-0.2, 0) is 24.2 Å². The molecule has 13 nitrogen and oxygen atoms in total. The van der Waals surface area contributed by atoms with Crippen LogP contribution in [-0.4, -0.2) is 83.1 Å². The first-order valence-corrected chi connectivity index (χ1v) is 16.4. The molecular formula is C34H34N8O5S. The molecular weight excluding hydrogens is 632 g/mol. The lowest BCUT2D eigenvalue weighted by Crippen LogP contribution is -2.37. The number of aromatic nitrogens is 5. The van der Waals surface area contributed by atoms with Crippen LogP contribution < -0.4 is 24.2 Å². The molecule has 48 heavy (non-hydrogen) atoms. The van der Waals surface area contributed by atoms with Crippen LogP contribution in [0.3, 0.4) is 0 Å². The molecule has 0 unspecified atom stereocenters. The van der Waals surface area contributed by atoms with Crippen LogP contribution in [0, 0.1) is 0 Å². The third-order valence-electron chi connectivity index (χ3n) is 8.31. The van der Waals surface area contributed by atoms with Crippen molar-refractivity contribution in [2.45, 2.75) is 19.5 Å². The Bertz CT molecular complexity index is 1830. The molecule has 0 saturated carbocycles. The number of ether oxygens (including phenoxy) is 3. The van der Waals surface area contributed by atoms with E-state index in [-0.39, 0.29) is 5.69 Å². The Labute approximate surface area is 281 Å². The van der Waals surface area contributed by atoms with Crippen molar-refractivity contribution in [2.75, 3.05) is 61.8 Å². The van der Waals surface area contributed by atoms with E-state index < -0.39 is 5.97 Å². The summed E-state index contributed by atoms with van der Waals surface area (Å²) in [6.45, 7) is 4.28. The van der Waals surface area contributed by atoms with E-state index in [0.717, 1.165) is 45.3 Å². The molecule has 1 N–H and O–H groups in total. The molecule has 3 aromatic heterocycles. The minimum atomic E-state index is -1.06.